The summed E-state index contributed by atoms with van der Waals surface area (Å²) in [6.07, 6.45) is -5.32. The van der Waals surface area contributed by atoms with E-state index >= 15 is 0 Å². The number of nitriles is 1. The van der Waals surface area contributed by atoms with Crippen LogP contribution in [0.2, 0.25) is 0 Å². The van der Waals surface area contributed by atoms with Crippen molar-refractivity contribution in [2.75, 3.05) is 0 Å². The fourth-order valence-electron chi connectivity index (χ4n) is 1.03. The Morgan fingerprint density at radius 2 is 1.81 bits per heavy atom. The Hall–Kier alpha value is -1.97. The van der Waals surface area contributed by atoms with Crippen molar-refractivity contribution in [3.05, 3.63) is 34.9 Å². The van der Waals surface area contributed by atoms with Gasteiger partial charge in [0, 0.05) is 6.07 Å². The number of halogens is 5. The fraction of sp³-hybridized carbons (Fsp3) is 0.111. The van der Waals surface area contributed by atoms with Gasteiger partial charge in [-0.1, -0.05) is 0 Å². The van der Waals surface area contributed by atoms with Crippen LogP contribution in [-0.4, -0.2) is 12.0 Å². The molecule has 0 bridgehead atoms. The Labute approximate surface area is 85.9 Å². The summed E-state index contributed by atoms with van der Waals surface area (Å²) in [7, 11) is 0. The van der Waals surface area contributed by atoms with E-state index in [9.17, 15) is 26.7 Å². The molecule has 84 valence electrons. The summed E-state index contributed by atoms with van der Waals surface area (Å²) < 4.78 is 61.6. The number of rotatable bonds is 1. The number of nitrogens with zero attached hydrogens (tertiary/aromatic N) is 1. The zero-order chi connectivity index (χ0) is 12.5. The number of carbonyl (C=O) groups is 1. The average molecular weight is 235 g/mol. The van der Waals surface area contributed by atoms with Crippen molar-refractivity contribution in [3.8, 4) is 6.07 Å². The molecule has 0 radical (unpaired) electrons. The summed E-state index contributed by atoms with van der Waals surface area (Å²) in [4.78, 5) is 10.7. The summed E-state index contributed by atoms with van der Waals surface area (Å²) in [5, 5.41) is 8.38. The molecule has 1 aromatic carbocycles. The van der Waals surface area contributed by atoms with Gasteiger partial charge in [-0.2, -0.15) is 18.4 Å². The molecule has 0 unspecified atom stereocenters. The summed E-state index contributed by atoms with van der Waals surface area (Å²) in [6.45, 7) is 0. The van der Waals surface area contributed by atoms with Crippen molar-refractivity contribution in [2.24, 2.45) is 0 Å². The number of benzene rings is 1. The van der Waals surface area contributed by atoms with Crippen LogP contribution in [0.4, 0.5) is 22.0 Å². The van der Waals surface area contributed by atoms with Crippen molar-refractivity contribution >= 4 is 5.78 Å². The van der Waals surface area contributed by atoms with E-state index < -0.39 is 34.7 Å². The van der Waals surface area contributed by atoms with Gasteiger partial charge < -0.3 is 0 Å². The first kappa shape index (κ1) is 12.1. The summed E-state index contributed by atoms with van der Waals surface area (Å²) in [5.74, 6) is -5.45. The van der Waals surface area contributed by atoms with Gasteiger partial charge in [0.1, 0.15) is 17.7 Å². The predicted octanol–water partition coefficient (Wildman–Crippen LogP) is 2.58. The van der Waals surface area contributed by atoms with E-state index in [2.05, 4.69) is 0 Å². The maximum Gasteiger partial charge on any atom is 0.455 e. The summed E-state index contributed by atoms with van der Waals surface area (Å²) >= 11 is 0. The standard InChI is InChI=1S/C9H2F5NO/c10-5-1-4(3-15)7(6(11)2-5)8(16)9(12,13)14/h1-2H. The lowest BCUT2D eigenvalue weighted by Crippen LogP contribution is -2.25. The van der Waals surface area contributed by atoms with Crippen molar-refractivity contribution in [1.29, 1.82) is 5.26 Å². The van der Waals surface area contributed by atoms with Gasteiger partial charge >= 0.3 is 6.18 Å². The molecule has 0 spiro atoms. The summed E-state index contributed by atoms with van der Waals surface area (Å²) in [6, 6.07) is 1.60. The van der Waals surface area contributed by atoms with Crippen LogP contribution in [0.3, 0.4) is 0 Å². The van der Waals surface area contributed by atoms with Crippen LogP contribution in [0, 0.1) is 23.0 Å². The van der Waals surface area contributed by atoms with Crippen LogP contribution < -0.4 is 0 Å². The van der Waals surface area contributed by atoms with Crippen LogP contribution in [0.1, 0.15) is 15.9 Å². The molecule has 16 heavy (non-hydrogen) atoms. The monoisotopic (exact) mass is 235 g/mol. The Morgan fingerprint density at radius 3 is 2.25 bits per heavy atom. The second-order valence-electron chi connectivity index (χ2n) is 2.75. The van der Waals surface area contributed by atoms with Gasteiger partial charge in [0.25, 0.3) is 5.78 Å². The molecule has 0 amide bonds. The van der Waals surface area contributed by atoms with Gasteiger partial charge in [0.2, 0.25) is 0 Å². The highest BCUT2D eigenvalue weighted by molar-refractivity contribution is 6.02. The molecular weight excluding hydrogens is 233 g/mol. The highest BCUT2D eigenvalue weighted by Crippen LogP contribution is 2.26. The maximum absolute atomic E-state index is 13.0. The SMILES string of the molecule is N#Cc1cc(F)cc(F)c1C(=O)C(F)(F)F. The second kappa shape index (κ2) is 3.89. The molecule has 0 atom stereocenters. The van der Waals surface area contributed by atoms with Crippen LogP contribution in [0.5, 0.6) is 0 Å². The molecule has 1 rings (SSSR count). The van der Waals surface area contributed by atoms with Crippen LogP contribution in [0.25, 0.3) is 0 Å². The Balaban J connectivity index is 3.46. The zero-order valence-electron chi connectivity index (χ0n) is 7.40. The molecule has 0 fully saturated rings. The van der Waals surface area contributed by atoms with Gasteiger partial charge in [-0.15, -0.1) is 0 Å². The number of Topliss-reactive ketones (excluding diaryl/α,β-unsaturated/α-hetero) is 1. The molecule has 1 aromatic rings. The highest BCUT2D eigenvalue weighted by Gasteiger charge is 2.42. The predicted molar refractivity (Wildman–Crippen MR) is 41.5 cm³/mol. The van der Waals surface area contributed by atoms with E-state index in [0.717, 1.165) is 6.07 Å². The minimum Gasteiger partial charge on any atom is -0.284 e. The molecule has 0 saturated heterocycles. The Kier molecular flexibility index (Phi) is 2.94. The van der Waals surface area contributed by atoms with Crippen LogP contribution >= 0.6 is 0 Å². The van der Waals surface area contributed by atoms with Gasteiger partial charge in [-0.25, -0.2) is 8.78 Å². The largest absolute Gasteiger partial charge is 0.455 e. The van der Waals surface area contributed by atoms with Crippen molar-refractivity contribution in [2.45, 2.75) is 6.18 Å². The first-order valence-corrected chi connectivity index (χ1v) is 3.78. The third-order valence-electron chi connectivity index (χ3n) is 1.66. The smallest absolute Gasteiger partial charge is 0.284 e. The molecule has 2 nitrogen and oxygen atoms in total. The number of ketones is 1. The number of alkyl halides is 3. The molecule has 0 aliphatic carbocycles. The lowest BCUT2D eigenvalue weighted by atomic mass is 10.0. The molecule has 0 N–H and O–H groups in total. The third-order valence-corrected chi connectivity index (χ3v) is 1.66. The Bertz CT molecular complexity index is 486. The fourth-order valence-corrected chi connectivity index (χ4v) is 1.03. The number of hydrogen-bond acceptors (Lipinski definition) is 2. The maximum atomic E-state index is 13.0. The molecule has 0 aliphatic heterocycles. The second-order valence-corrected chi connectivity index (χ2v) is 2.75. The lowest BCUT2D eigenvalue weighted by Gasteiger charge is -2.07. The van der Waals surface area contributed by atoms with E-state index in [-0.39, 0.29) is 6.07 Å². The number of hydrogen-bond donors (Lipinski definition) is 0. The van der Waals surface area contributed by atoms with Gasteiger partial charge in [0.15, 0.2) is 0 Å². The molecule has 7 heteroatoms. The first-order valence-electron chi connectivity index (χ1n) is 3.78. The van der Waals surface area contributed by atoms with E-state index in [1.54, 1.807) is 0 Å². The topological polar surface area (TPSA) is 40.9 Å². The normalized spacial score (nSPS) is 11.0. The highest BCUT2D eigenvalue weighted by atomic mass is 19.4. The molecule has 0 heterocycles. The van der Waals surface area contributed by atoms with Crippen LogP contribution in [-0.2, 0) is 0 Å². The molecule has 0 saturated carbocycles. The lowest BCUT2D eigenvalue weighted by molar-refractivity contribution is -0.0887. The summed E-state index contributed by atoms with van der Waals surface area (Å²) in [5.41, 5.74) is -2.45. The minimum absolute atomic E-state index is 0.111. The van der Waals surface area contributed by atoms with Crippen molar-refractivity contribution in [3.63, 3.8) is 0 Å². The van der Waals surface area contributed by atoms with Gasteiger partial charge in [-0.05, 0) is 6.07 Å². The van der Waals surface area contributed by atoms with E-state index in [1.165, 1.54) is 0 Å². The van der Waals surface area contributed by atoms with Crippen LogP contribution in [0.15, 0.2) is 12.1 Å². The minimum atomic E-state index is -5.32. The molecular formula is C9H2F5NO. The Morgan fingerprint density at radius 1 is 1.25 bits per heavy atom. The first-order chi connectivity index (χ1) is 7.27. The van der Waals surface area contributed by atoms with E-state index in [0.29, 0.717) is 6.07 Å². The molecule has 0 aromatic heterocycles. The zero-order valence-corrected chi connectivity index (χ0v) is 7.40. The molecule has 0 aliphatic rings. The quantitative estimate of drug-likeness (QED) is 0.554. The van der Waals surface area contributed by atoms with Crippen molar-refractivity contribution < 1.29 is 26.7 Å². The van der Waals surface area contributed by atoms with E-state index in [1.807, 2.05) is 0 Å². The van der Waals surface area contributed by atoms with Gasteiger partial charge in [0.05, 0.1) is 11.1 Å². The van der Waals surface area contributed by atoms with E-state index in [4.69, 9.17) is 5.26 Å². The number of carbonyl (C=O) groups excluding carboxylic acids is 1. The third kappa shape index (κ3) is 2.16. The average Bonchev–Trinajstić information content (AvgIpc) is 2.14. The van der Waals surface area contributed by atoms with Gasteiger partial charge in [-0.3, -0.25) is 4.79 Å². The van der Waals surface area contributed by atoms with Crippen molar-refractivity contribution in [1.82, 2.24) is 0 Å².